The van der Waals surface area contributed by atoms with Gasteiger partial charge >= 0.3 is 0 Å². The van der Waals surface area contributed by atoms with Crippen molar-refractivity contribution in [3.8, 4) is 6.07 Å². The standard InChI is InChI=1S/C18H16N2O2/c1-13(21)16-7-2-3-8-17(16)20-18(22)10-9-14-5-4-6-15(11-14)12-19/h2-11,13,21H,1H3,(H,20,22)/b10-9+. The number of benzene rings is 2. The first-order valence-electron chi connectivity index (χ1n) is 6.86. The van der Waals surface area contributed by atoms with Gasteiger partial charge in [0.05, 0.1) is 17.7 Å². The summed E-state index contributed by atoms with van der Waals surface area (Å²) in [5.74, 6) is -0.296. The van der Waals surface area contributed by atoms with E-state index in [1.807, 2.05) is 6.07 Å². The van der Waals surface area contributed by atoms with Gasteiger partial charge in [-0.1, -0.05) is 30.3 Å². The monoisotopic (exact) mass is 292 g/mol. The first-order chi connectivity index (χ1) is 10.6. The molecule has 1 atom stereocenters. The third kappa shape index (κ3) is 4.05. The van der Waals surface area contributed by atoms with Crippen LogP contribution >= 0.6 is 0 Å². The molecule has 2 aromatic rings. The highest BCUT2D eigenvalue weighted by atomic mass is 16.3. The van der Waals surface area contributed by atoms with Crippen LogP contribution in [0.1, 0.15) is 29.7 Å². The number of aliphatic hydroxyl groups excluding tert-OH is 1. The molecule has 0 aliphatic heterocycles. The number of rotatable bonds is 4. The molecule has 0 saturated heterocycles. The van der Waals surface area contributed by atoms with Gasteiger partial charge in [0.15, 0.2) is 0 Å². The normalized spacial score (nSPS) is 11.9. The van der Waals surface area contributed by atoms with Crippen molar-refractivity contribution in [3.05, 3.63) is 71.3 Å². The third-order valence-electron chi connectivity index (χ3n) is 3.11. The predicted octanol–water partition coefficient (Wildman–Crippen LogP) is 3.26. The highest BCUT2D eigenvalue weighted by Crippen LogP contribution is 2.22. The lowest BCUT2D eigenvalue weighted by molar-refractivity contribution is -0.111. The quantitative estimate of drug-likeness (QED) is 0.849. The van der Waals surface area contributed by atoms with E-state index in [9.17, 15) is 9.90 Å². The second-order valence-corrected chi connectivity index (χ2v) is 4.82. The number of aliphatic hydroxyl groups is 1. The molecule has 0 spiro atoms. The minimum atomic E-state index is -0.659. The van der Waals surface area contributed by atoms with E-state index in [4.69, 9.17) is 5.26 Å². The van der Waals surface area contributed by atoms with E-state index >= 15 is 0 Å². The van der Waals surface area contributed by atoms with Crippen molar-refractivity contribution in [1.82, 2.24) is 0 Å². The molecule has 1 amide bonds. The Labute approximate surface area is 129 Å². The van der Waals surface area contributed by atoms with Crippen molar-refractivity contribution in [2.24, 2.45) is 0 Å². The summed E-state index contributed by atoms with van der Waals surface area (Å²) in [5, 5.41) is 21.3. The molecule has 0 radical (unpaired) electrons. The summed E-state index contributed by atoms with van der Waals surface area (Å²) in [6.07, 6.45) is 2.38. The molecule has 1 unspecified atom stereocenters. The summed E-state index contributed by atoms with van der Waals surface area (Å²) >= 11 is 0. The fourth-order valence-electron chi connectivity index (χ4n) is 2.03. The summed E-state index contributed by atoms with van der Waals surface area (Å²) in [6, 6.07) is 16.1. The summed E-state index contributed by atoms with van der Waals surface area (Å²) in [7, 11) is 0. The van der Waals surface area contributed by atoms with E-state index < -0.39 is 6.10 Å². The third-order valence-corrected chi connectivity index (χ3v) is 3.11. The lowest BCUT2D eigenvalue weighted by atomic mass is 10.1. The van der Waals surface area contributed by atoms with Gasteiger partial charge in [-0.25, -0.2) is 0 Å². The van der Waals surface area contributed by atoms with Gasteiger partial charge in [-0.2, -0.15) is 5.26 Å². The van der Waals surface area contributed by atoms with Crippen LogP contribution in [0, 0.1) is 11.3 Å². The van der Waals surface area contributed by atoms with Gasteiger partial charge in [0, 0.05) is 17.3 Å². The molecule has 4 heteroatoms. The van der Waals surface area contributed by atoms with Crippen molar-refractivity contribution in [2.45, 2.75) is 13.0 Å². The number of nitrogens with one attached hydrogen (secondary N) is 1. The van der Waals surface area contributed by atoms with Gasteiger partial charge in [-0.05, 0) is 36.8 Å². The fourth-order valence-corrected chi connectivity index (χ4v) is 2.03. The minimum Gasteiger partial charge on any atom is -0.389 e. The van der Waals surface area contributed by atoms with E-state index in [1.54, 1.807) is 55.5 Å². The summed E-state index contributed by atoms with van der Waals surface area (Å²) in [6.45, 7) is 1.65. The number of hydrogen-bond acceptors (Lipinski definition) is 3. The zero-order chi connectivity index (χ0) is 15.9. The Morgan fingerprint density at radius 2 is 2.05 bits per heavy atom. The van der Waals surface area contributed by atoms with Crippen LogP contribution in [-0.2, 0) is 4.79 Å². The van der Waals surface area contributed by atoms with E-state index in [0.717, 1.165) is 5.56 Å². The molecule has 2 rings (SSSR count). The van der Waals surface area contributed by atoms with Crippen LogP contribution in [0.2, 0.25) is 0 Å². The van der Waals surface area contributed by atoms with Gasteiger partial charge in [-0.3, -0.25) is 4.79 Å². The Morgan fingerprint density at radius 1 is 1.27 bits per heavy atom. The molecule has 0 aliphatic carbocycles. The van der Waals surface area contributed by atoms with Gasteiger partial charge in [0.25, 0.3) is 0 Å². The summed E-state index contributed by atoms with van der Waals surface area (Å²) in [5.41, 5.74) is 2.56. The molecule has 0 heterocycles. The number of nitriles is 1. The maximum atomic E-state index is 12.0. The SMILES string of the molecule is CC(O)c1ccccc1NC(=O)/C=C/c1cccc(C#N)c1. The van der Waals surface area contributed by atoms with Crippen molar-refractivity contribution in [2.75, 3.05) is 5.32 Å². The van der Waals surface area contributed by atoms with Crippen LogP contribution in [0.4, 0.5) is 5.69 Å². The van der Waals surface area contributed by atoms with Crippen LogP contribution in [0.15, 0.2) is 54.6 Å². The van der Waals surface area contributed by atoms with Crippen LogP contribution in [0.5, 0.6) is 0 Å². The number of carbonyl (C=O) groups excluding carboxylic acids is 1. The molecule has 0 aliphatic rings. The largest absolute Gasteiger partial charge is 0.389 e. The van der Waals surface area contributed by atoms with E-state index in [1.165, 1.54) is 6.08 Å². The smallest absolute Gasteiger partial charge is 0.248 e. The molecule has 2 aromatic carbocycles. The van der Waals surface area contributed by atoms with Crippen LogP contribution < -0.4 is 5.32 Å². The Hall–Kier alpha value is -2.90. The van der Waals surface area contributed by atoms with Gasteiger partial charge < -0.3 is 10.4 Å². The summed E-state index contributed by atoms with van der Waals surface area (Å²) in [4.78, 5) is 12.0. The first-order valence-corrected chi connectivity index (χ1v) is 6.86. The summed E-state index contributed by atoms with van der Waals surface area (Å²) < 4.78 is 0. The molecular weight excluding hydrogens is 276 g/mol. The molecule has 0 fully saturated rings. The number of amides is 1. The molecule has 2 N–H and O–H groups in total. The van der Waals surface area contributed by atoms with Crippen LogP contribution in [-0.4, -0.2) is 11.0 Å². The predicted molar refractivity (Wildman–Crippen MR) is 85.9 cm³/mol. The van der Waals surface area contributed by atoms with E-state index in [-0.39, 0.29) is 5.91 Å². The molecule has 0 saturated carbocycles. The minimum absolute atomic E-state index is 0.296. The number of carbonyl (C=O) groups is 1. The Kier molecular flexibility index (Phi) is 5.07. The van der Waals surface area contributed by atoms with Crippen molar-refractivity contribution < 1.29 is 9.90 Å². The van der Waals surface area contributed by atoms with Crippen LogP contribution in [0.25, 0.3) is 6.08 Å². The van der Waals surface area contributed by atoms with Crippen molar-refractivity contribution in [3.63, 3.8) is 0 Å². The van der Waals surface area contributed by atoms with Gasteiger partial charge in [-0.15, -0.1) is 0 Å². The Balaban J connectivity index is 2.10. The number of nitrogens with zero attached hydrogens (tertiary/aromatic N) is 1. The maximum absolute atomic E-state index is 12.0. The highest BCUT2D eigenvalue weighted by Gasteiger charge is 2.08. The van der Waals surface area contributed by atoms with Gasteiger partial charge in [0.1, 0.15) is 0 Å². The molecule has 0 aromatic heterocycles. The number of para-hydroxylation sites is 1. The number of anilines is 1. The highest BCUT2D eigenvalue weighted by molar-refractivity contribution is 6.02. The Morgan fingerprint density at radius 3 is 2.77 bits per heavy atom. The van der Waals surface area contributed by atoms with E-state index in [0.29, 0.717) is 16.8 Å². The fraction of sp³-hybridized carbons (Fsp3) is 0.111. The van der Waals surface area contributed by atoms with E-state index in [2.05, 4.69) is 11.4 Å². The van der Waals surface area contributed by atoms with Crippen molar-refractivity contribution >= 4 is 17.7 Å². The topological polar surface area (TPSA) is 73.1 Å². The zero-order valence-electron chi connectivity index (χ0n) is 12.2. The maximum Gasteiger partial charge on any atom is 0.248 e. The first kappa shape index (κ1) is 15.5. The Bertz CT molecular complexity index is 743. The molecule has 0 bridgehead atoms. The molecule has 22 heavy (non-hydrogen) atoms. The second-order valence-electron chi connectivity index (χ2n) is 4.82. The van der Waals surface area contributed by atoms with Crippen molar-refractivity contribution in [1.29, 1.82) is 5.26 Å². The average Bonchev–Trinajstić information content (AvgIpc) is 2.53. The number of hydrogen-bond donors (Lipinski definition) is 2. The molecular formula is C18H16N2O2. The lowest BCUT2D eigenvalue weighted by Crippen LogP contribution is -2.10. The zero-order valence-corrected chi connectivity index (χ0v) is 12.2. The van der Waals surface area contributed by atoms with Gasteiger partial charge in [0.2, 0.25) is 5.91 Å². The molecule has 110 valence electrons. The van der Waals surface area contributed by atoms with Crippen LogP contribution in [0.3, 0.4) is 0 Å². The lowest BCUT2D eigenvalue weighted by Gasteiger charge is -2.11. The second kappa shape index (κ2) is 7.21. The molecule has 4 nitrogen and oxygen atoms in total. The average molecular weight is 292 g/mol.